The maximum atomic E-state index is 12.9. The van der Waals surface area contributed by atoms with Gasteiger partial charge in [-0.05, 0) is 128 Å². The highest BCUT2D eigenvalue weighted by atomic mass is 16.6. The first-order chi connectivity index (χ1) is 40.5. The summed E-state index contributed by atoms with van der Waals surface area (Å²) in [7, 11) is 0. The summed E-state index contributed by atoms with van der Waals surface area (Å²) in [5.41, 5.74) is 0. The largest absolute Gasteiger partial charge is 0.462 e. The molecule has 0 amide bonds. The van der Waals surface area contributed by atoms with Crippen LogP contribution in [0.2, 0.25) is 0 Å². The Morgan fingerprint density at radius 1 is 0.256 bits per heavy atom. The van der Waals surface area contributed by atoms with Crippen molar-refractivity contribution < 1.29 is 28.6 Å². The first-order valence-electron chi connectivity index (χ1n) is 34.9. The molecule has 0 N–H and O–H groups in total. The highest BCUT2D eigenvalue weighted by Gasteiger charge is 2.19. The highest BCUT2D eigenvalue weighted by Crippen LogP contribution is 2.16. The van der Waals surface area contributed by atoms with Crippen molar-refractivity contribution in [2.45, 2.75) is 341 Å². The molecule has 0 aromatic carbocycles. The third-order valence-electron chi connectivity index (χ3n) is 15.0. The molecule has 0 saturated carbocycles. The molecule has 0 rings (SSSR count). The number of rotatable bonds is 63. The van der Waals surface area contributed by atoms with Crippen LogP contribution in [-0.4, -0.2) is 37.2 Å². The summed E-state index contributed by atoms with van der Waals surface area (Å²) >= 11 is 0. The van der Waals surface area contributed by atoms with Crippen LogP contribution >= 0.6 is 0 Å². The van der Waals surface area contributed by atoms with E-state index in [2.05, 4.69) is 130 Å². The van der Waals surface area contributed by atoms with Gasteiger partial charge in [-0.1, -0.05) is 297 Å². The number of esters is 3. The fourth-order valence-corrected chi connectivity index (χ4v) is 9.77. The Balaban J connectivity index is 4.32. The van der Waals surface area contributed by atoms with E-state index >= 15 is 0 Å². The molecule has 0 aromatic heterocycles. The highest BCUT2D eigenvalue weighted by molar-refractivity contribution is 5.71. The lowest BCUT2D eigenvalue weighted by Gasteiger charge is -2.18. The zero-order chi connectivity index (χ0) is 59.2. The minimum absolute atomic E-state index is 0.0884. The predicted molar refractivity (Wildman–Crippen MR) is 357 cm³/mol. The molecule has 0 saturated heterocycles. The van der Waals surface area contributed by atoms with Crippen LogP contribution in [0, 0.1) is 0 Å². The molecule has 0 aromatic rings. The van der Waals surface area contributed by atoms with Gasteiger partial charge in [0.25, 0.3) is 0 Å². The molecule has 0 radical (unpaired) electrons. The van der Waals surface area contributed by atoms with E-state index < -0.39 is 6.10 Å². The fraction of sp³-hybridized carbons (Fsp3) is 0.724. The molecule has 0 bridgehead atoms. The van der Waals surface area contributed by atoms with Gasteiger partial charge in [0.15, 0.2) is 6.10 Å². The second kappa shape index (κ2) is 69.6. The second-order valence-corrected chi connectivity index (χ2v) is 23.1. The number of ether oxygens (including phenoxy) is 3. The van der Waals surface area contributed by atoms with Gasteiger partial charge in [0.1, 0.15) is 13.2 Å². The third kappa shape index (κ3) is 66.9. The Kier molecular flexibility index (Phi) is 66.2. The van der Waals surface area contributed by atoms with Crippen molar-refractivity contribution in [3.05, 3.63) is 109 Å². The van der Waals surface area contributed by atoms with Crippen LogP contribution in [0.15, 0.2) is 109 Å². The summed E-state index contributed by atoms with van der Waals surface area (Å²) in [6.07, 6.45) is 95.4. The van der Waals surface area contributed by atoms with E-state index in [0.717, 1.165) is 128 Å². The molecule has 0 aliphatic carbocycles. The van der Waals surface area contributed by atoms with E-state index in [0.29, 0.717) is 19.3 Å². The maximum absolute atomic E-state index is 12.9. The molecule has 0 spiro atoms. The van der Waals surface area contributed by atoms with Crippen LogP contribution in [0.5, 0.6) is 0 Å². The Labute approximate surface area is 508 Å². The van der Waals surface area contributed by atoms with Crippen LogP contribution in [0.25, 0.3) is 0 Å². The van der Waals surface area contributed by atoms with Gasteiger partial charge < -0.3 is 14.2 Å². The molecular formula is C76H130O6. The molecule has 6 nitrogen and oxygen atoms in total. The van der Waals surface area contributed by atoms with Gasteiger partial charge in [-0.25, -0.2) is 0 Å². The van der Waals surface area contributed by atoms with Gasteiger partial charge in [0, 0.05) is 19.3 Å². The summed E-state index contributed by atoms with van der Waals surface area (Å²) in [4.78, 5) is 38.4. The average molecular weight is 1140 g/mol. The topological polar surface area (TPSA) is 78.9 Å². The first kappa shape index (κ1) is 78.1. The first-order valence-corrected chi connectivity index (χ1v) is 34.9. The molecule has 1 atom stereocenters. The van der Waals surface area contributed by atoms with Crippen LogP contribution in [0.1, 0.15) is 335 Å². The lowest BCUT2D eigenvalue weighted by Crippen LogP contribution is -2.30. The number of hydrogen-bond donors (Lipinski definition) is 0. The van der Waals surface area contributed by atoms with Gasteiger partial charge in [-0.15, -0.1) is 0 Å². The van der Waals surface area contributed by atoms with Crippen LogP contribution < -0.4 is 0 Å². The van der Waals surface area contributed by atoms with Crippen LogP contribution in [0.4, 0.5) is 0 Å². The predicted octanol–water partition coefficient (Wildman–Crippen LogP) is 24.2. The fourth-order valence-electron chi connectivity index (χ4n) is 9.77. The average Bonchev–Trinajstić information content (AvgIpc) is 3.47. The van der Waals surface area contributed by atoms with E-state index in [9.17, 15) is 14.4 Å². The van der Waals surface area contributed by atoms with Gasteiger partial charge in [-0.3, -0.25) is 14.4 Å². The minimum atomic E-state index is -0.795. The van der Waals surface area contributed by atoms with Gasteiger partial charge in [0.05, 0.1) is 0 Å². The van der Waals surface area contributed by atoms with Gasteiger partial charge in [-0.2, -0.15) is 0 Å². The zero-order valence-electron chi connectivity index (χ0n) is 54.0. The van der Waals surface area contributed by atoms with Crippen molar-refractivity contribution in [1.29, 1.82) is 0 Å². The van der Waals surface area contributed by atoms with Crippen molar-refractivity contribution in [1.82, 2.24) is 0 Å². The van der Waals surface area contributed by atoms with Gasteiger partial charge in [0.2, 0.25) is 0 Å². The van der Waals surface area contributed by atoms with E-state index in [1.165, 1.54) is 167 Å². The monoisotopic (exact) mass is 1140 g/mol. The normalized spacial score (nSPS) is 12.8. The molecule has 0 aliphatic rings. The lowest BCUT2D eigenvalue weighted by molar-refractivity contribution is -0.167. The van der Waals surface area contributed by atoms with Gasteiger partial charge >= 0.3 is 17.9 Å². The van der Waals surface area contributed by atoms with Crippen LogP contribution in [0.3, 0.4) is 0 Å². The van der Waals surface area contributed by atoms with Crippen molar-refractivity contribution >= 4 is 17.9 Å². The quantitative estimate of drug-likeness (QED) is 0.0261. The molecule has 6 heteroatoms. The van der Waals surface area contributed by atoms with E-state index in [1.54, 1.807) is 0 Å². The number of unbranched alkanes of at least 4 members (excludes halogenated alkanes) is 34. The molecular weight excluding hydrogens is 1010 g/mol. The summed E-state index contributed by atoms with van der Waals surface area (Å²) in [6, 6.07) is 0. The van der Waals surface area contributed by atoms with Crippen molar-refractivity contribution in [2.24, 2.45) is 0 Å². The Bertz CT molecular complexity index is 1640. The summed E-state index contributed by atoms with van der Waals surface area (Å²) < 4.78 is 17.0. The number of carbonyl (C=O) groups excluding carboxylic acids is 3. The smallest absolute Gasteiger partial charge is 0.306 e. The molecule has 0 aliphatic heterocycles. The number of hydrogen-bond acceptors (Lipinski definition) is 6. The minimum Gasteiger partial charge on any atom is -0.462 e. The molecule has 1 unspecified atom stereocenters. The van der Waals surface area contributed by atoms with E-state index in [4.69, 9.17) is 14.2 Å². The molecule has 0 fully saturated rings. The summed E-state index contributed by atoms with van der Waals surface area (Å²) in [5.74, 6) is -0.906. The number of allylic oxidation sites excluding steroid dienone is 18. The lowest BCUT2D eigenvalue weighted by atomic mass is 10.0. The Morgan fingerprint density at radius 3 is 0.756 bits per heavy atom. The third-order valence-corrected chi connectivity index (χ3v) is 15.0. The van der Waals surface area contributed by atoms with Crippen molar-refractivity contribution in [2.75, 3.05) is 13.2 Å². The Hall–Kier alpha value is -3.93. The Morgan fingerprint density at radius 2 is 0.476 bits per heavy atom. The standard InChI is InChI=1S/C76H130O6/c1-4-7-10-13-16-19-22-25-28-30-32-34-35-36-37-38-39-40-41-43-44-46-48-51-54-57-60-63-66-69-75(78)81-72-73(71-80-74(77)68-65-62-59-56-53-50-27-24-21-18-15-12-9-6-3)82-76(79)70-67-64-61-58-55-52-49-47-45-42-33-31-29-26-23-20-17-14-11-8-5-2/h8,11,17,20,22,24-27,29-30,32-33,35-36,42,47,49,73H,4-7,9-10,12-16,18-19,21,23,28,31,34,37-41,43-46,48,50-72H2,1-3H3/b11-8-,20-17-,25-22-,27-24-,29-26-,32-30-,36-35-,42-33-,49-47-. The van der Waals surface area contributed by atoms with Crippen LogP contribution in [-0.2, 0) is 28.6 Å². The summed E-state index contributed by atoms with van der Waals surface area (Å²) in [6.45, 7) is 6.51. The zero-order valence-corrected chi connectivity index (χ0v) is 54.0. The number of carbonyl (C=O) groups is 3. The van der Waals surface area contributed by atoms with E-state index in [1.807, 2.05) is 0 Å². The molecule has 82 heavy (non-hydrogen) atoms. The van der Waals surface area contributed by atoms with Crippen molar-refractivity contribution in [3.8, 4) is 0 Å². The second-order valence-electron chi connectivity index (χ2n) is 23.1. The SMILES string of the molecule is CC/C=C\C/C=C\C/C=C\C/C=C\C/C=C\CCCCCCCC(=O)OC(COC(=O)CCCCCCC/C=C\CCCCCCC)COC(=O)CCCCCCCCCCCCCCCC/C=C\C/C=C\C/C=C\CCCCCCC. The molecule has 470 valence electrons. The molecule has 0 heterocycles. The van der Waals surface area contributed by atoms with Crippen molar-refractivity contribution in [3.63, 3.8) is 0 Å². The maximum Gasteiger partial charge on any atom is 0.306 e. The summed E-state index contributed by atoms with van der Waals surface area (Å²) in [5, 5.41) is 0. The van der Waals surface area contributed by atoms with E-state index in [-0.39, 0.29) is 31.1 Å².